The Morgan fingerprint density at radius 2 is 1.95 bits per heavy atom. The van der Waals surface area contributed by atoms with Gasteiger partial charge in [-0.05, 0) is 37.6 Å². The Bertz CT molecular complexity index is 795. The van der Waals surface area contributed by atoms with Gasteiger partial charge in [-0.1, -0.05) is 6.07 Å². The van der Waals surface area contributed by atoms with Crippen molar-refractivity contribution in [2.24, 2.45) is 0 Å². The number of hydrazine groups is 1. The second-order valence-electron chi connectivity index (χ2n) is 4.60. The van der Waals surface area contributed by atoms with Crippen LogP contribution in [0, 0.1) is 13.8 Å². The van der Waals surface area contributed by atoms with Crippen LogP contribution in [-0.2, 0) is 10.0 Å². The van der Waals surface area contributed by atoms with Crippen LogP contribution in [0.15, 0.2) is 39.8 Å². The number of nitrogens with one attached hydrogen (secondary N) is 2. The van der Waals surface area contributed by atoms with Crippen LogP contribution in [0.3, 0.4) is 0 Å². The van der Waals surface area contributed by atoms with Crippen molar-refractivity contribution < 1.29 is 22.4 Å². The first-order valence-electron chi connectivity index (χ1n) is 6.36. The number of methoxy groups -OCH3 is 1. The van der Waals surface area contributed by atoms with Crippen molar-refractivity contribution in [1.29, 1.82) is 0 Å². The smallest absolute Gasteiger partial charge is 0.269 e. The van der Waals surface area contributed by atoms with E-state index in [1.165, 1.54) is 25.5 Å². The number of sulfonamides is 1. The van der Waals surface area contributed by atoms with Gasteiger partial charge in [-0.25, -0.2) is 8.42 Å². The molecule has 1 aromatic heterocycles. The van der Waals surface area contributed by atoms with E-state index < -0.39 is 15.9 Å². The molecule has 0 aliphatic rings. The van der Waals surface area contributed by atoms with Crippen LogP contribution < -0.4 is 15.0 Å². The maximum atomic E-state index is 12.3. The van der Waals surface area contributed by atoms with E-state index in [0.717, 1.165) is 5.56 Å². The van der Waals surface area contributed by atoms with E-state index in [4.69, 9.17) is 9.15 Å². The summed E-state index contributed by atoms with van der Waals surface area (Å²) in [6.45, 7) is 3.36. The molecular weight excluding hydrogens is 308 g/mol. The van der Waals surface area contributed by atoms with Crippen LogP contribution in [0.25, 0.3) is 0 Å². The van der Waals surface area contributed by atoms with Gasteiger partial charge in [0.25, 0.3) is 15.9 Å². The Morgan fingerprint density at radius 1 is 1.23 bits per heavy atom. The summed E-state index contributed by atoms with van der Waals surface area (Å²) in [6.07, 6.45) is 1.35. The van der Waals surface area contributed by atoms with Crippen molar-refractivity contribution in [1.82, 2.24) is 10.3 Å². The molecule has 0 aliphatic heterocycles. The molecule has 1 heterocycles. The molecule has 0 unspecified atom stereocenters. The highest BCUT2D eigenvalue weighted by Gasteiger charge is 2.21. The molecule has 2 aromatic rings. The Kier molecular flexibility index (Phi) is 4.53. The molecule has 0 saturated carbocycles. The number of hydrogen-bond donors (Lipinski definition) is 2. The molecular formula is C14H16N2O5S. The molecule has 0 saturated heterocycles. The number of benzene rings is 1. The van der Waals surface area contributed by atoms with E-state index in [2.05, 4.69) is 5.43 Å². The SMILES string of the molecule is COc1ccc(C)cc1S(=O)(=O)NNC(=O)c1ccoc1C. The molecule has 2 N–H and O–H groups in total. The van der Waals surface area contributed by atoms with Gasteiger partial charge in [0, 0.05) is 0 Å². The zero-order valence-electron chi connectivity index (χ0n) is 12.3. The van der Waals surface area contributed by atoms with Gasteiger partial charge < -0.3 is 9.15 Å². The average molecular weight is 324 g/mol. The van der Waals surface area contributed by atoms with Crippen molar-refractivity contribution in [2.45, 2.75) is 18.7 Å². The zero-order chi connectivity index (χ0) is 16.3. The van der Waals surface area contributed by atoms with Crippen molar-refractivity contribution in [3.05, 3.63) is 47.4 Å². The first-order chi connectivity index (χ1) is 10.3. The molecule has 0 fully saturated rings. The molecule has 7 nitrogen and oxygen atoms in total. The fraction of sp³-hybridized carbons (Fsp3) is 0.214. The summed E-state index contributed by atoms with van der Waals surface area (Å²) in [6, 6.07) is 6.18. The Morgan fingerprint density at radius 3 is 2.55 bits per heavy atom. The summed E-state index contributed by atoms with van der Waals surface area (Å²) in [5.74, 6) is -0.0295. The molecule has 0 radical (unpaired) electrons. The monoisotopic (exact) mass is 324 g/mol. The molecule has 0 aliphatic carbocycles. The van der Waals surface area contributed by atoms with Gasteiger partial charge in [-0.2, -0.15) is 0 Å². The van der Waals surface area contributed by atoms with Crippen molar-refractivity contribution in [3.8, 4) is 5.75 Å². The van der Waals surface area contributed by atoms with E-state index >= 15 is 0 Å². The fourth-order valence-corrected chi connectivity index (χ4v) is 2.94. The van der Waals surface area contributed by atoms with Crippen LogP contribution in [-0.4, -0.2) is 21.4 Å². The first kappa shape index (κ1) is 16.1. The number of carbonyl (C=O) groups is 1. The summed E-state index contributed by atoms with van der Waals surface area (Å²) >= 11 is 0. The number of carbonyl (C=O) groups excluding carboxylic acids is 1. The third-order valence-electron chi connectivity index (χ3n) is 3.01. The second-order valence-corrected chi connectivity index (χ2v) is 6.26. The lowest BCUT2D eigenvalue weighted by molar-refractivity contribution is 0.0943. The topological polar surface area (TPSA) is 97.6 Å². The minimum atomic E-state index is -3.96. The van der Waals surface area contributed by atoms with Crippen molar-refractivity contribution in [2.75, 3.05) is 7.11 Å². The molecule has 0 bridgehead atoms. The van der Waals surface area contributed by atoms with Gasteiger partial charge in [-0.15, -0.1) is 4.83 Å². The number of ether oxygens (including phenoxy) is 1. The summed E-state index contributed by atoms with van der Waals surface area (Å²) in [5.41, 5.74) is 3.14. The summed E-state index contributed by atoms with van der Waals surface area (Å²) < 4.78 is 34.6. The molecule has 0 atom stereocenters. The van der Waals surface area contributed by atoms with Crippen LogP contribution >= 0.6 is 0 Å². The number of amides is 1. The lowest BCUT2D eigenvalue weighted by atomic mass is 10.2. The number of furan rings is 1. The Balaban J connectivity index is 2.20. The van der Waals surface area contributed by atoms with E-state index in [1.807, 2.05) is 4.83 Å². The molecule has 8 heteroatoms. The summed E-state index contributed by atoms with van der Waals surface area (Å²) in [4.78, 5) is 13.9. The van der Waals surface area contributed by atoms with Crippen LogP contribution in [0.2, 0.25) is 0 Å². The number of aryl methyl sites for hydroxylation is 2. The molecule has 118 valence electrons. The van der Waals surface area contributed by atoms with Gasteiger partial charge in [0.1, 0.15) is 16.4 Å². The highest BCUT2D eigenvalue weighted by Crippen LogP contribution is 2.24. The minimum Gasteiger partial charge on any atom is -0.495 e. The highest BCUT2D eigenvalue weighted by atomic mass is 32.2. The molecule has 0 spiro atoms. The third-order valence-corrected chi connectivity index (χ3v) is 4.28. The number of hydrogen-bond acceptors (Lipinski definition) is 5. The highest BCUT2D eigenvalue weighted by molar-refractivity contribution is 7.89. The number of rotatable bonds is 5. The molecule has 1 amide bonds. The van der Waals surface area contributed by atoms with Gasteiger partial charge in [-0.3, -0.25) is 10.2 Å². The maximum absolute atomic E-state index is 12.3. The van der Waals surface area contributed by atoms with Gasteiger partial charge in [0.2, 0.25) is 0 Å². The lowest BCUT2D eigenvalue weighted by Gasteiger charge is -2.12. The standard InChI is InChI=1S/C14H16N2O5S/c1-9-4-5-12(20-3)13(8-9)22(18,19)16-15-14(17)11-6-7-21-10(11)2/h4-8,16H,1-3H3,(H,15,17). The Hall–Kier alpha value is -2.32. The van der Waals surface area contributed by atoms with Crippen molar-refractivity contribution in [3.63, 3.8) is 0 Å². The van der Waals surface area contributed by atoms with Gasteiger partial charge in [0.15, 0.2) is 0 Å². The Labute approximate surface area is 128 Å². The first-order valence-corrected chi connectivity index (χ1v) is 7.84. The zero-order valence-corrected chi connectivity index (χ0v) is 13.2. The average Bonchev–Trinajstić information content (AvgIpc) is 2.91. The normalized spacial score (nSPS) is 11.2. The van der Waals surface area contributed by atoms with Crippen LogP contribution in [0.5, 0.6) is 5.75 Å². The largest absolute Gasteiger partial charge is 0.495 e. The maximum Gasteiger partial charge on any atom is 0.269 e. The lowest BCUT2D eigenvalue weighted by Crippen LogP contribution is -2.41. The van der Waals surface area contributed by atoms with Gasteiger partial charge in [0.05, 0.1) is 18.9 Å². The molecule has 2 rings (SSSR count). The molecule has 1 aromatic carbocycles. The second kappa shape index (κ2) is 6.20. The fourth-order valence-electron chi connectivity index (χ4n) is 1.85. The van der Waals surface area contributed by atoms with E-state index in [-0.39, 0.29) is 16.2 Å². The van der Waals surface area contributed by atoms with E-state index in [9.17, 15) is 13.2 Å². The minimum absolute atomic E-state index is 0.0563. The van der Waals surface area contributed by atoms with Crippen LogP contribution in [0.4, 0.5) is 0 Å². The predicted octanol–water partition coefficient (Wildman–Crippen LogP) is 1.53. The molecule has 22 heavy (non-hydrogen) atoms. The summed E-state index contributed by atoms with van der Waals surface area (Å²) in [7, 11) is -2.59. The van der Waals surface area contributed by atoms with E-state index in [1.54, 1.807) is 26.0 Å². The van der Waals surface area contributed by atoms with Crippen LogP contribution in [0.1, 0.15) is 21.7 Å². The predicted molar refractivity (Wildman–Crippen MR) is 79.0 cm³/mol. The van der Waals surface area contributed by atoms with Crippen molar-refractivity contribution >= 4 is 15.9 Å². The van der Waals surface area contributed by atoms with E-state index in [0.29, 0.717) is 5.76 Å². The third kappa shape index (κ3) is 3.29. The van der Waals surface area contributed by atoms with Gasteiger partial charge >= 0.3 is 0 Å². The quantitative estimate of drug-likeness (QED) is 0.813. The summed E-state index contributed by atoms with van der Waals surface area (Å²) in [5, 5.41) is 0.